The molecule has 1 aliphatic rings. The number of nitrogens with two attached hydrogens (primary N) is 1. The molecular formula is C19H30N2O2. The summed E-state index contributed by atoms with van der Waals surface area (Å²) in [4.78, 5) is 12.4. The monoisotopic (exact) mass is 318 g/mol. The predicted octanol–water partition coefficient (Wildman–Crippen LogP) is 3.18. The van der Waals surface area contributed by atoms with Crippen molar-refractivity contribution in [2.75, 3.05) is 6.54 Å². The van der Waals surface area contributed by atoms with Gasteiger partial charge in [-0.05, 0) is 30.7 Å². The standard InChI is InChI=1S/C19H30N2O2/c1-3-18(23-16-11-7-8-14(2)12-16)19(22)21-13-17(20)15-9-5-4-6-10-15/h4-6,9-10,14,16-18H,3,7-8,11-13,20H2,1-2H3,(H,21,22). The van der Waals surface area contributed by atoms with E-state index in [2.05, 4.69) is 12.2 Å². The molecule has 1 amide bonds. The van der Waals surface area contributed by atoms with Crippen LogP contribution in [0.1, 0.15) is 57.6 Å². The molecule has 1 saturated carbocycles. The molecule has 128 valence electrons. The third-order valence-corrected chi connectivity index (χ3v) is 4.63. The van der Waals surface area contributed by atoms with Gasteiger partial charge in [-0.25, -0.2) is 0 Å². The number of carbonyl (C=O) groups excluding carboxylic acids is 1. The number of rotatable bonds is 7. The number of ether oxygens (including phenoxy) is 1. The van der Waals surface area contributed by atoms with Crippen LogP contribution in [-0.2, 0) is 9.53 Å². The van der Waals surface area contributed by atoms with Crippen molar-refractivity contribution in [3.05, 3.63) is 35.9 Å². The van der Waals surface area contributed by atoms with Crippen LogP contribution in [0.5, 0.6) is 0 Å². The fourth-order valence-corrected chi connectivity index (χ4v) is 3.22. The molecule has 4 atom stereocenters. The summed E-state index contributed by atoms with van der Waals surface area (Å²) in [6, 6.07) is 9.65. The van der Waals surface area contributed by atoms with Gasteiger partial charge in [0.25, 0.3) is 0 Å². The molecule has 0 aliphatic heterocycles. The lowest BCUT2D eigenvalue weighted by molar-refractivity contribution is -0.139. The minimum absolute atomic E-state index is 0.0443. The number of benzene rings is 1. The maximum absolute atomic E-state index is 12.4. The van der Waals surface area contributed by atoms with Crippen LogP contribution >= 0.6 is 0 Å². The molecule has 0 bridgehead atoms. The molecule has 3 N–H and O–H groups in total. The molecule has 4 nitrogen and oxygen atoms in total. The van der Waals surface area contributed by atoms with E-state index in [1.165, 1.54) is 12.8 Å². The second-order valence-corrected chi connectivity index (χ2v) is 6.69. The van der Waals surface area contributed by atoms with Crippen molar-refractivity contribution < 1.29 is 9.53 Å². The summed E-state index contributed by atoms with van der Waals surface area (Å²) in [6.07, 6.45) is 5.14. The Kier molecular flexibility index (Phi) is 7.06. The van der Waals surface area contributed by atoms with Gasteiger partial charge in [-0.3, -0.25) is 4.79 Å². The quantitative estimate of drug-likeness (QED) is 0.811. The molecule has 0 heterocycles. The number of hydrogen-bond acceptors (Lipinski definition) is 3. The highest BCUT2D eigenvalue weighted by Crippen LogP contribution is 2.27. The zero-order valence-electron chi connectivity index (χ0n) is 14.3. The predicted molar refractivity (Wildman–Crippen MR) is 93.0 cm³/mol. The molecule has 1 fully saturated rings. The van der Waals surface area contributed by atoms with Crippen LogP contribution in [0.2, 0.25) is 0 Å². The van der Waals surface area contributed by atoms with Gasteiger partial charge in [-0.1, -0.05) is 57.0 Å². The van der Waals surface area contributed by atoms with Crippen LogP contribution in [-0.4, -0.2) is 24.7 Å². The van der Waals surface area contributed by atoms with E-state index in [1.807, 2.05) is 37.3 Å². The molecular weight excluding hydrogens is 288 g/mol. The third kappa shape index (κ3) is 5.63. The summed E-state index contributed by atoms with van der Waals surface area (Å²) >= 11 is 0. The molecule has 1 aliphatic carbocycles. The molecule has 4 unspecified atom stereocenters. The molecule has 0 saturated heterocycles. The smallest absolute Gasteiger partial charge is 0.249 e. The minimum Gasteiger partial charge on any atom is -0.365 e. The highest BCUT2D eigenvalue weighted by atomic mass is 16.5. The first-order valence-electron chi connectivity index (χ1n) is 8.83. The molecule has 0 spiro atoms. The number of hydrogen-bond donors (Lipinski definition) is 2. The summed E-state index contributed by atoms with van der Waals surface area (Å²) in [6.45, 7) is 4.69. The normalized spacial score (nSPS) is 24.0. The molecule has 1 aromatic carbocycles. The van der Waals surface area contributed by atoms with Crippen molar-refractivity contribution in [2.45, 2.75) is 64.2 Å². The molecule has 23 heavy (non-hydrogen) atoms. The maximum atomic E-state index is 12.4. The van der Waals surface area contributed by atoms with E-state index in [1.54, 1.807) is 0 Å². The number of amides is 1. The number of nitrogens with one attached hydrogen (secondary N) is 1. The minimum atomic E-state index is -0.367. The third-order valence-electron chi connectivity index (χ3n) is 4.63. The van der Waals surface area contributed by atoms with Crippen LogP contribution in [0, 0.1) is 5.92 Å². The highest BCUT2D eigenvalue weighted by Gasteiger charge is 2.25. The fourth-order valence-electron chi connectivity index (χ4n) is 3.22. The van der Waals surface area contributed by atoms with E-state index in [0.717, 1.165) is 18.4 Å². The first-order chi connectivity index (χ1) is 11.1. The van der Waals surface area contributed by atoms with Crippen molar-refractivity contribution in [3.63, 3.8) is 0 Å². The van der Waals surface area contributed by atoms with Gasteiger partial charge in [0.2, 0.25) is 5.91 Å². The van der Waals surface area contributed by atoms with Crippen LogP contribution < -0.4 is 11.1 Å². The maximum Gasteiger partial charge on any atom is 0.249 e. The Morgan fingerprint density at radius 1 is 1.35 bits per heavy atom. The Balaban J connectivity index is 1.80. The Labute approximate surface area is 139 Å². The summed E-state index contributed by atoms with van der Waals surface area (Å²) in [7, 11) is 0. The Bertz CT molecular complexity index is 478. The lowest BCUT2D eigenvalue weighted by Gasteiger charge is -2.30. The van der Waals surface area contributed by atoms with Gasteiger partial charge in [-0.2, -0.15) is 0 Å². The second kappa shape index (κ2) is 9.04. The van der Waals surface area contributed by atoms with E-state index >= 15 is 0 Å². The first kappa shape index (κ1) is 18.0. The Morgan fingerprint density at radius 2 is 2.09 bits per heavy atom. The zero-order valence-corrected chi connectivity index (χ0v) is 14.3. The van der Waals surface area contributed by atoms with Gasteiger partial charge >= 0.3 is 0 Å². The van der Waals surface area contributed by atoms with Crippen LogP contribution in [0.25, 0.3) is 0 Å². The van der Waals surface area contributed by atoms with E-state index < -0.39 is 0 Å². The van der Waals surface area contributed by atoms with Crippen molar-refractivity contribution in [1.82, 2.24) is 5.32 Å². The zero-order chi connectivity index (χ0) is 16.7. The average molecular weight is 318 g/mol. The topological polar surface area (TPSA) is 64.3 Å². The summed E-state index contributed by atoms with van der Waals surface area (Å²) in [5.74, 6) is 0.651. The number of carbonyl (C=O) groups is 1. The fraction of sp³-hybridized carbons (Fsp3) is 0.632. The van der Waals surface area contributed by atoms with Gasteiger partial charge in [0.15, 0.2) is 0 Å². The lowest BCUT2D eigenvalue weighted by atomic mass is 9.88. The van der Waals surface area contributed by atoms with Crippen LogP contribution in [0.15, 0.2) is 30.3 Å². The van der Waals surface area contributed by atoms with Crippen LogP contribution in [0.3, 0.4) is 0 Å². The molecule has 4 heteroatoms. The lowest BCUT2D eigenvalue weighted by Crippen LogP contribution is -2.41. The van der Waals surface area contributed by atoms with E-state index in [-0.39, 0.29) is 24.2 Å². The summed E-state index contributed by atoms with van der Waals surface area (Å²) in [5.41, 5.74) is 7.16. The Hall–Kier alpha value is -1.39. The van der Waals surface area contributed by atoms with E-state index in [4.69, 9.17) is 10.5 Å². The van der Waals surface area contributed by atoms with E-state index in [0.29, 0.717) is 18.9 Å². The highest BCUT2D eigenvalue weighted by molar-refractivity contribution is 5.80. The van der Waals surface area contributed by atoms with Gasteiger partial charge in [0.1, 0.15) is 6.10 Å². The summed E-state index contributed by atoms with van der Waals surface area (Å²) < 4.78 is 6.06. The molecule has 0 aromatic heterocycles. The van der Waals surface area contributed by atoms with Gasteiger partial charge < -0.3 is 15.8 Å². The SMILES string of the molecule is CCC(OC1CCCC(C)C1)C(=O)NCC(N)c1ccccc1. The van der Waals surface area contributed by atoms with Crippen LogP contribution in [0.4, 0.5) is 0 Å². The van der Waals surface area contributed by atoms with Crippen molar-refractivity contribution in [2.24, 2.45) is 11.7 Å². The largest absolute Gasteiger partial charge is 0.365 e. The second-order valence-electron chi connectivity index (χ2n) is 6.69. The molecule has 0 radical (unpaired) electrons. The average Bonchev–Trinajstić information content (AvgIpc) is 2.58. The van der Waals surface area contributed by atoms with Gasteiger partial charge in [-0.15, -0.1) is 0 Å². The van der Waals surface area contributed by atoms with Gasteiger partial charge in [0, 0.05) is 12.6 Å². The van der Waals surface area contributed by atoms with Crippen molar-refractivity contribution in [3.8, 4) is 0 Å². The molecule has 2 rings (SSSR count). The van der Waals surface area contributed by atoms with Crippen molar-refractivity contribution in [1.29, 1.82) is 0 Å². The van der Waals surface area contributed by atoms with Crippen molar-refractivity contribution >= 4 is 5.91 Å². The Morgan fingerprint density at radius 3 is 2.74 bits per heavy atom. The molecule has 1 aromatic rings. The van der Waals surface area contributed by atoms with E-state index in [9.17, 15) is 4.79 Å². The summed E-state index contributed by atoms with van der Waals surface area (Å²) in [5, 5.41) is 2.94. The first-order valence-corrected chi connectivity index (χ1v) is 8.83. The van der Waals surface area contributed by atoms with Gasteiger partial charge in [0.05, 0.1) is 6.10 Å².